The molecule has 7 heterocycles. The highest BCUT2D eigenvalue weighted by Crippen LogP contribution is 2.59. The van der Waals surface area contributed by atoms with Gasteiger partial charge in [0.15, 0.2) is 23.0 Å². The predicted molar refractivity (Wildman–Crippen MR) is 300 cm³/mol. The maximum absolute atomic E-state index is 7.47. The molecule has 0 fully saturated rings. The summed E-state index contributed by atoms with van der Waals surface area (Å²) in [6, 6.07) is 60.3. The van der Waals surface area contributed by atoms with E-state index in [4.69, 9.17) is 27.8 Å². The first kappa shape index (κ1) is 39.9. The van der Waals surface area contributed by atoms with Crippen LogP contribution < -0.4 is 18.9 Å². The van der Waals surface area contributed by atoms with Gasteiger partial charge in [-0.15, -0.1) is 22.7 Å². The van der Waals surface area contributed by atoms with Crippen LogP contribution in [0, 0.1) is 0 Å². The molecule has 0 spiro atoms. The van der Waals surface area contributed by atoms with Crippen molar-refractivity contribution in [1.82, 2.24) is 4.98 Å². The van der Waals surface area contributed by atoms with E-state index >= 15 is 0 Å². The van der Waals surface area contributed by atoms with Gasteiger partial charge in [0.2, 0.25) is 0 Å². The Labute approximate surface area is 422 Å². The molecule has 9 heteroatoms. The highest BCUT2D eigenvalue weighted by Gasteiger charge is 2.32. The minimum absolute atomic E-state index is 0.483. The number of hydrogen-bond donors (Lipinski definition) is 1. The Balaban J connectivity index is 1.000. The molecule has 17 rings (SSSR count). The number of nitrogens with one attached hydrogen (secondary N) is 1. The second kappa shape index (κ2) is 14.9. The number of furan rings is 2. The van der Waals surface area contributed by atoms with Crippen LogP contribution in [0.4, 0.5) is 0 Å². The molecule has 0 bridgehead atoms. The summed E-state index contributed by atoms with van der Waals surface area (Å²) in [5, 5.41) is 15.2. The Morgan fingerprint density at radius 1 is 0.315 bits per heavy atom. The van der Waals surface area contributed by atoms with E-state index in [9.17, 15) is 0 Å². The number of fused-ring (bicyclic) bond motifs is 23. The molecule has 0 atom stereocenters. The lowest BCUT2D eigenvalue weighted by molar-refractivity contribution is 0.175. The van der Waals surface area contributed by atoms with Crippen LogP contribution in [0.2, 0.25) is 0 Å². The first-order chi connectivity index (χ1) is 36.2. The van der Waals surface area contributed by atoms with Gasteiger partial charge in [0.25, 0.3) is 0 Å². The first-order valence-corrected chi connectivity index (χ1v) is 26.3. The van der Waals surface area contributed by atoms with E-state index in [0.29, 0.717) is 26.4 Å². The van der Waals surface area contributed by atoms with E-state index in [1.165, 1.54) is 0 Å². The second-order valence-corrected chi connectivity index (χ2v) is 21.0. The van der Waals surface area contributed by atoms with Crippen molar-refractivity contribution in [3.8, 4) is 64.8 Å². The van der Waals surface area contributed by atoms with Gasteiger partial charge in [-0.1, -0.05) is 158 Å². The molecule has 1 N–H and O–H groups in total. The zero-order valence-electron chi connectivity index (χ0n) is 38.8. The van der Waals surface area contributed by atoms with Crippen molar-refractivity contribution in [3.05, 3.63) is 170 Å². The van der Waals surface area contributed by atoms with Crippen LogP contribution in [0.1, 0.15) is 0 Å². The molecule has 5 aromatic heterocycles. The predicted octanol–water partition coefficient (Wildman–Crippen LogP) is 18.1. The second-order valence-electron chi connectivity index (χ2n) is 19.0. The quantitative estimate of drug-likeness (QED) is 0.189. The zero-order valence-corrected chi connectivity index (χ0v) is 40.4. The third-order valence-electron chi connectivity index (χ3n) is 15.1. The van der Waals surface area contributed by atoms with E-state index in [2.05, 4.69) is 163 Å². The van der Waals surface area contributed by atoms with E-state index in [1.54, 1.807) is 22.7 Å². The molecule has 73 heavy (non-hydrogen) atoms. The summed E-state index contributed by atoms with van der Waals surface area (Å²) >= 11 is 3.42. The summed E-state index contributed by atoms with van der Waals surface area (Å²) in [6.45, 7) is 1.97. The summed E-state index contributed by atoms with van der Waals surface area (Å²) in [5.74, 6) is 3.17. The molecule has 0 saturated heterocycles. The van der Waals surface area contributed by atoms with Crippen LogP contribution in [0.3, 0.4) is 0 Å². The average Bonchev–Trinajstić information content (AvgIpc) is 4.31. The van der Waals surface area contributed by atoms with Crippen LogP contribution in [0.25, 0.3) is 151 Å². The molecule has 346 valence electrons. The van der Waals surface area contributed by atoms with Crippen LogP contribution in [-0.4, -0.2) is 31.4 Å². The maximum Gasteiger partial charge on any atom is 0.180 e. The van der Waals surface area contributed by atoms with Crippen LogP contribution in [0.5, 0.6) is 23.0 Å². The van der Waals surface area contributed by atoms with Crippen LogP contribution in [0.15, 0.2) is 179 Å². The lowest BCUT2D eigenvalue weighted by Gasteiger charge is -2.18. The highest BCUT2D eigenvalue weighted by molar-refractivity contribution is 7.20. The van der Waals surface area contributed by atoms with Crippen molar-refractivity contribution in [2.45, 2.75) is 0 Å². The summed E-state index contributed by atoms with van der Waals surface area (Å²) in [7, 11) is 0. The fraction of sp³-hybridized carbons (Fsp3) is 0.0625. The molecule has 0 amide bonds. The average molecular weight is 980 g/mol. The number of aromatic amines is 1. The number of rotatable bonds is 4. The van der Waals surface area contributed by atoms with Crippen LogP contribution >= 0.6 is 22.7 Å². The molecule has 15 aromatic rings. The molecule has 7 nitrogen and oxygen atoms in total. The smallest absolute Gasteiger partial charge is 0.180 e. The van der Waals surface area contributed by atoms with Crippen LogP contribution in [-0.2, 0) is 0 Å². The van der Waals surface area contributed by atoms with Gasteiger partial charge >= 0.3 is 0 Å². The number of thiophene rings is 2. The number of aromatic nitrogens is 1. The monoisotopic (exact) mass is 979 g/mol. The van der Waals surface area contributed by atoms with E-state index in [1.807, 2.05) is 12.1 Å². The Morgan fingerprint density at radius 2 is 0.644 bits per heavy atom. The standard InChI is InChI=1S/C64H37NO6S2/c1-3-15-33(16-4-1)61-57-59(68-29-27-66-57)63(72-61)43-31-45-47(37-21-9-7-19-35(37)43)49-39-23-11-13-25-41(39)53-51(55(49)70-45)52-54(65-53)42-26-14-12-24-40(42)50-48-38-22-10-8-20-36(38)44(32-46(48)71-56(50)52)64-60-58(67-28-30-69-60)62(73-64)34-17-5-2-6-18-34/h1-26,31-32,65H,27-30H2. The Hall–Kier alpha value is -8.76. The molecular weight excluding hydrogens is 943 g/mol. The van der Waals surface area contributed by atoms with Gasteiger partial charge in [-0.25, -0.2) is 0 Å². The third kappa shape index (κ3) is 5.42. The first-order valence-electron chi connectivity index (χ1n) is 24.6. The normalized spacial score (nSPS) is 13.7. The summed E-state index contributed by atoms with van der Waals surface area (Å²) in [5.41, 5.74) is 9.53. The van der Waals surface area contributed by atoms with Gasteiger partial charge < -0.3 is 32.8 Å². The molecule has 2 aliphatic heterocycles. The van der Waals surface area contributed by atoms with Crippen molar-refractivity contribution in [2.75, 3.05) is 26.4 Å². The topological polar surface area (TPSA) is 79.0 Å². The van der Waals surface area contributed by atoms with Gasteiger partial charge in [0.05, 0.1) is 41.3 Å². The van der Waals surface area contributed by atoms with E-state index in [-0.39, 0.29) is 0 Å². The van der Waals surface area contributed by atoms with Gasteiger partial charge in [-0.3, -0.25) is 0 Å². The van der Waals surface area contributed by atoms with Crippen molar-refractivity contribution >= 4 is 131 Å². The third-order valence-corrected chi connectivity index (χ3v) is 17.6. The Morgan fingerprint density at radius 3 is 1.04 bits per heavy atom. The highest BCUT2D eigenvalue weighted by atomic mass is 32.1. The van der Waals surface area contributed by atoms with Crippen molar-refractivity contribution in [2.24, 2.45) is 0 Å². The fourth-order valence-electron chi connectivity index (χ4n) is 12.2. The lowest BCUT2D eigenvalue weighted by Crippen LogP contribution is -2.14. The van der Waals surface area contributed by atoms with Gasteiger partial charge in [0, 0.05) is 43.4 Å². The summed E-state index contributed by atoms with van der Waals surface area (Å²) in [6.07, 6.45) is 0. The Bertz CT molecular complexity index is 4560. The SMILES string of the molecule is c1ccc(-c2sc(-c3cc4oc5c(c6ccccc6c6[nH]c7c8ccccc8c8c(oc9cc(-c%10sc(-c%11ccccc%11)c%11c%10OCCO%11)c%10ccccc%10c98)c7c65)c4c4ccccc34)c3c2OCCO3)cc1. The van der Waals surface area contributed by atoms with Gasteiger partial charge in [-0.2, -0.15) is 0 Å². The Kier molecular flexibility index (Phi) is 8.14. The van der Waals surface area contributed by atoms with Gasteiger partial charge in [0.1, 0.15) is 48.8 Å². The van der Waals surface area contributed by atoms with Crippen molar-refractivity contribution < 1.29 is 27.8 Å². The summed E-state index contributed by atoms with van der Waals surface area (Å²) < 4.78 is 40.8. The van der Waals surface area contributed by atoms with E-state index < -0.39 is 0 Å². The van der Waals surface area contributed by atoms with Crippen molar-refractivity contribution in [1.29, 1.82) is 0 Å². The molecule has 0 saturated carbocycles. The molecule has 0 radical (unpaired) electrons. The molecule has 0 aliphatic carbocycles. The number of ether oxygens (including phenoxy) is 4. The van der Waals surface area contributed by atoms with Crippen molar-refractivity contribution in [3.63, 3.8) is 0 Å². The largest absolute Gasteiger partial charge is 0.485 e. The minimum Gasteiger partial charge on any atom is -0.485 e. The molecular formula is C64H37NO6S2. The number of benzene rings is 10. The maximum atomic E-state index is 7.47. The van der Waals surface area contributed by atoms with Gasteiger partial charge in [-0.05, 0) is 55.6 Å². The summed E-state index contributed by atoms with van der Waals surface area (Å²) in [4.78, 5) is 8.17. The number of hydrogen-bond acceptors (Lipinski definition) is 8. The van der Waals surface area contributed by atoms with E-state index in [0.717, 1.165) is 174 Å². The lowest BCUT2D eigenvalue weighted by atomic mass is 9.93. The fourth-order valence-corrected chi connectivity index (χ4v) is 14.6. The zero-order chi connectivity index (χ0) is 47.5. The minimum atomic E-state index is 0.483. The molecule has 10 aromatic carbocycles. The number of H-pyrrole nitrogens is 1. The molecule has 0 unspecified atom stereocenters. The molecule has 2 aliphatic rings.